The minimum absolute atomic E-state index is 0.0529. The first kappa shape index (κ1) is 20.2. The molecule has 0 spiro atoms. The number of sulfonamides is 1. The number of hydrogen-bond acceptors (Lipinski definition) is 4. The molecular formula is C21H26N2O4S. The van der Waals surface area contributed by atoms with Gasteiger partial charge in [-0.05, 0) is 60.9 Å². The Labute approximate surface area is 166 Å². The van der Waals surface area contributed by atoms with E-state index >= 15 is 0 Å². The van der Waals surface area contributed by atoms with Gasteiger partial charge in [-0.2, -0.15) is 0 Å². The van der Waals surface area contributed by atoms with Crippen molar-refractivity contribution in [1.29, 1.82) is 0 Å². The van der Waals surface area contributed by atoms with Crippen LogP contribution in [-0.4, -0.2) is 32.4 Å². The highest BCUT2D eigenvalue weighted by atomic mass is 32.2. The molecule has 2 aromatic carbocycles. The van der Waals surface area contributed by atoms with Gasteiger partial charge < -0.3 is 9.64 Å². The number of benzene rings is 2. The summed E-state index contributed by atoms with van der Waals surface area (Å²) in [5, 5.41) is 0. The van der Waals surface area contributed by atoms with E-state index in [1.54, 1.807) is 18.2 Å². The van der Waals surface area contributed by atoms with E-state index in [0.717, 1.165) is 17.5 Å². The lowest BCUT2D eigenvalue weighted by molar-refractivity contribution is -0.135. The first-order chi connectivity index (χ1) is 13.3. The molecule has 0 fully saturated rings. The van der Waals surface area contributed by atoms with Gasteiger partial charge in [0.1, 0.15) is 5.75 Å². The topological polar surface area (TPSA) is 75.7 Å². The number of hydrogen-bond donors (Lipinski definition) is 1. The van der Waals surface area contributed by atoms with Gasteiger partial charge in [-0.25, -0.2) is 8.42 Å². The van der Waals surface area contributed by atoms with Gasteiger partial charge in [0, 0.05) is 24.7 Å². The second-order valence-electron chi connectivity index (χ2n) is 7.16. The number of amides is 1. The molecule has 3 rings (SSSR count). The summed E-state index contributed by atoms with van der Waals surface area (Å²) in [6, 6.07) is 11.8. The SMILES string of the molecule is CCOc1ccc(S(=O)(=O)Nc2ccc3c(c2)CN(C(=O)C(C)C)CC3)cc1. The molecule has 0 aromatic heterocycles. The standard InChI is InChI=1S/C21H26N2O4S/c1-4-27-19-7-9-20(10-8-19)28(25,26)22-18-6-5-16-11-12-23(14-17(16)13-18)21(24)15(2)3/h5-10,13,15,22H,4,11-12,14H2,1-3H3. The fraction of sp³-hybridized carbons (Fsp3) is 0.381. The Morgan fingerprint density at radius 2 is 1.86 bits per heavy atom. The predicted molar refractivity (Wildman–Crippen MR) is 109 cm³/mol. The predicted octanol–water partition coefficient (Wildman–Crippen LogP) is 3.43. The molecule has 0 saturated carbocycles. The maximum Gasteiger partial charge on any atom is 0.261 e. The summed E-state index contributed by atoms with van der Waals surface area (Å²) in [5.74, 6) is 0.694. The smallest absolute Gasteiger partial charge is 0.261 e. The molecule has 28 heavy (non-hydrogen) atoms. The molecule has 0 unspecified atom stereocenters. The van der Waals surface area contributed by atoms with Crippen LogP contribution in [0, 0.1) is 5.92 Å². The zero-order valence-electron chi connectivity index (χ0n) is 16.4. The third-order valence-electron chi connectivity index (χ3n) is 4.72. The van der Waals surface area contributed by atoms with E-state index in [1.165, 1.54) is 12.1 Å². The lowest BCUT2D eigenvalue weighted by atomic mass is 9.98. The number of carbonyl (C=O) groups excluding carboxylic acids is 1. The Bertz CT molecular complexity index is 953. The van der Waals surface area contributed by atoms with Crippen molar-refractivity contribution in [2.75, 3.05) is 17.9 Å². The average Bonchev–Trinajstić information content (AvgIpc) is 2.67. The van der Waals surface area contributed by atoms with E-state index in [0.29, 0.717) is 31.1 Å². The minimum Gasteiger partial charge on any atom is -0.494 e. The van der Waals surface area contributed by atoms with E-state index in [1.807, 2.05) is 37.8 Å². The van der Waals surface area contributed by atoms with Gasteiger partial charge >= 0.3 is 0 Å². The highest BCUT2D eigenvalue weighted by Gasteiger charge is 2.23. The van der Waals surface area contributed by atoms with Crippen LogP contribution in [0.1, 0.15) is 31.9 Å². The Hall–Kier alpha value is -2.54. The van der Waals surface area contributed by atoms with Gasteiger partial charge in [0.05, 0.1) is 11.5 Å². The molecule has 1 N–H and O–H groups in total. The number of ether oxygens (including phenoxy) is 1. The molecular weight excluding hydrogens is 376 g/mol. The second kappa shape index (κ2) is 8.22. The number of nitrogens with zero attached hydrogens (tertiary/aromatic N) is 1. The quantitative estimate of drug-likeness (QED) is 0.803. The number of nitrogens with one attached hydrogen (secondary N) is 1. The molecule has 0 aliphatic carbocycles. The average molecular weight is 403 g/mol. The highest BCUT2D eigenvalue weighted by Crippen LogP contribution is 2.26. The Kier molecular flexibility index (Phi) is 5.93. The molecule has 6 nitrogen and oxygen atoms in total. The van der Waals surface area contributed by atoms with E-state index in [9.17, 15) is 13.2 Å². The third kappa shape index (κ3) is 4.47. The second-order valence-corrected chi connectivity index (χ2v) is 8.84. The molecule has 1 amide bonds. The molecule has 1 heterocycles. The molecule has 7 heteroatoms. The third-order valence-corrected chi connectivity index (χ3v) is 6.12. The summed E-state index contributed by atoms with van der Waals surface area (Å²) in [4.78, 5) is 14.3. The van der Waals surface area contributed by atoms with Gasteiger partial charge in [0.2, 0.25) is 5.91 Å². The number of carbonyl (C=O) groups is 1. The van der Waals surface area contributed by atoms with Gasteiger partial charge in [0.15, 0.2) is 0 Å². The monoisotopic (exact) mass is 402 g/mol. The maximum atomic E-state index is 12.7. The molecule has 1 aliphatic rings. The maximum absolute atomic E-state index is 12.7. The molecule has 150 valence electrons. The Morgan fingerprint density at radius 1 is 1.14 bits per heavy atom. The minimum atomic E-state index is -3.70. The van der Waals surface area contributed by atoms with Crippen molar-refractivity contribution in [2.45, 2.75) is 38.6 Å². The summed E-state index contributed by atoms with van der Waals surface area (Å²) in [6.07, 6.45) is 0.777. The fourth-order valence-corrected chi connectivity index (χ4v) is 4.32. The number of fused-ring (bicyclic) bond motifs is 1. The van der Waals surface area contributed by atoms with E-state index in [2.05, 4.69) is 4.72 Å². The van der Waals surface area contributed by atoms with Crippen LogP contribution in [0.3, 0.4) is 0 Å². The zero-order chi connectivity index (χ0) is 20.3. The van der Waals surface area contributed by atoms with Crippen LogP contribution in [0.4, 0.5) is 5.69 Å². The summed E-state index contributed by atoms with van der Waals surface area (Å²) < 4.78 is 33.4. The van der Waals surface area contributed by atoms with Crippen molar-refractivity contribution in [3.05, 3.63) is 53.6 Å². The van der Waals surface area contributed by atoms with Crippen LogP contribution in [0.5, 0.6) is 5.75 Å². The lowest BCUT2D eigenvalue weighted by Gasteiger charge is -2.30. The number of anilines is 1. The van der Waals surface area contributed by atoms with Gasteiger partial charge in [-0.3, -0.25) is 9.52 Å². The first-order valence-electron chi connectivity index (χ1n) is 9.46. The first-order valence-corrected chi connectivity index (χ1v) is 10.9. The van der Waals surface area contributed by atoms with Crippen LogP contribution in [0.2, 0.25) is 0 Å². The Morgan fingerprint density at radius 3 is 2.50 bits per heavy atom. The lowest BCUT2D eigenvalue weighted by Crippen LogP contribution is -2.38. The fourth-order valence-electron chi connectivity index (χ4n) is 3.27. The van der Waals surface area contributed by atoms with Crippen LogP contribution >= 0.6 is 0 Å². The van der Waals surface area contributed by atoms with E-state index < -0.39 is 10.0 Å². The summed E-state index contributed by atoms with van der Waals surface area (Å²) in [6.45, 7) is 7.37. The summed E-state index contributed by atoms with van der Waals surface area (Å²) in [5.41, 5.74) is 2.62. The van der Waals surface area contributed by atoms with Crippen molar-refractivity contribution in [3.63, 3.8) is 0 Å². The molecule has 0 atom stereocenters. The van der Waals surface area contributed by atoms with Crippen molar-refractivity contribution >= 4 is 21.6 Å². The molecule has 0 saturated heterocycles. The Balaban J connectivity index is 1.78. The van der Waals surface area contributed by atoms with Crippen LogP contribution in [-0.2, 0) is 27.8 Å². The number of rotatable bonds is 6. The van der Waals surface area contributed by atoms with Gasteiger partial charge in [-0.15, -0.1) is 0 Å². The van der Waals surface area contributed by atoms with Crippen molar-refractivity contribution in [1.82, 2.24) is 4.90 Å². The highest BCUT2D eigenvalue weighted by molar-refractivity contribution is 7.92. The van der Waals surface area contributed by atoms with Crippen molar-refractivity contribution in [3.8, 4) is 5.75 Å². The van der Waals surface area contributed by atoms with E-state index in [-0.39, 0.29) is 16.7 Å². The van der Waals surface area contributed by atoms with Crippen molar-refractivity contribution < 1.29 is 17.9 Å². The molecule has 1 aliphatic heterocycles. The van der Waals surface area contributed by atoms with E-state index in [4.69, 9.17) is 4.74 Å². The van der Waals surface area contributed by atoms with Crippen molar-refractivity contribution in [2.24, 2.45) is 5.92 Å². The molecule has 2 aromatic rings. The van der Waals surface area contributed by atoms with Crippen LogP contribution in [0.25, 0.3) is 0 Å². The van der Waals surface area contributed by atoms with Gasteiger partial charge in [0.25, 0.3) is 10.0 Å². The zero-order valence-corrected chi connectivity index (χ0v) is 17.3. The van der Waals surface area contributed by atoms with Gasteiger partial charge in [-0.1, -0.05) is 19.9 Å². The molecule has 0 bridgehead atoms. The normalized spacial score (nSPS) is 13.9. The summed E-state index contributed by atoms with van der Waals surface area (Å²) >= 11 is 0. The molecule has 0 radical (unpaired) electrons. The summed E-state index contributed by atoms with van der Waals surface area (Å²) in [7, 11) is -3.70. The van der Waals surface area contributed by atoms with Crippen LogP contribution in [0.15, 0.2) is 47.4 Å². The van der Waals surface area contributed by atoms with Crippen LogP contribution < -0.4 is 9.46 Å². The largest absolute Gasteiger partial charge is 0.494 e.